The monoisotopic (exact) mass is 368 g/mol. The number of nitrogens with one attached hydrogen (secondary N) is 2. The van der Waals surface area contributed by atoms with Gasteiger partial charge in [0.2, 0.25) is 0 Å². The summed E-state index contributed by atoms with van der Waals surface area (Å²) >= 11 is 0. The third-order valence-electron chi connectivity index (χ3n) is 2.94. The van der Waals surface area contributed by atoms with E-state index >= 15 is 0 Å². The highest BCUT2D eigenvalue weighted by Gasteiger charge is 1.93. The molecular formula is C13H32N6O4S. The zero-order valence-corrected chi connectivity index (χ0v) is 14.9. The van der Waals surface area contributed by atoms with Gasteiger partial charge in [-0.3, -0.25) is 19.5 Å². The van der Waals surface area contributed by atoms with Crippen molar-refractivity contribution in [1.29, 1.82) is 5.41 Å². The zero-order chi connectivity index (χ0) is 18.8. The maximum Gasteiger partial charge on any atom is 0.394 e. The van der Waals surface area contributed by atoms with Gasteiger partial charge in [0.1, 0.15) is 0 Å². The van der Waals surface area contributed by atoms with Crippen LogP contribution in [0.5, 0.6) is 0 Å². The Bertz CT molecular complexity index is 430. The van der Waals surface area contributed by atoms with Crippen LogP contribution in [-0.2, 0) is 10.4 Å². The molecule has 10 N–H and O–H groups in total. The number of rotatable bonds is 12. The Labute approximate surface area is 144 Å². The van der Waals surface area contributed by atoms with Gasteiger partial charge in [-0.1, -0.05) is 44.9 Å². The number of hydrogen-bond acceptors (Lipinski definition) is 4. The smallest absolute Gasteiger partial charge is 0.370 e. The van der Waals surface area contributed by atoms with E-state index < -0.39 is 10.4 Å². The maximum atomic E-state index is 8.74. The Balaban J connectivity index is 0. The van der Waals surface area contributed by atoms with Crippen LogP contribution in [0.4, 0.5) is 0 Å². The van der Waals surface area contributed by atoms with Crippen LogP contribution in [0, 0.1) is 5.41 Å². The molecule has 0 aromatic carbocycles. The van der Waals surface area contributed by atoms with Crippen LogP contribution in [0.1, 0.15) is 57.8 Å². The lowest BCUT2D eigenvalue weighted by atomic mass is 10.1. The molecule has 0 spiro atoms. The molecule has 0 aromatic rings. The van der Waals surface area contributed by atoms with Crippen LogP contribution >= 0.6 is 0 Å². The molecular weight excluding hydrogens is 336 g/mol. The van der Waals surface area contributed by atoms with Gasteiger partial charge in [0.15, 0.2) is 11.9 Å². The molecule has 0 atom stereocenters. The molecule has 0 saturated heterocycles. The number of unbranched alkanes of at least 4 members (excludes halogenated alkanes) is 8. The fourth-order valence-electron chi connectivity index (χ4n) is 1.91. The molecule has 0 radical (unpaired) electrons. The summed E-state index contributed by atoms with van der Waals surface area (Å²) in [5.74, 6) is 0.264. The van der Waals surface area contributed by atoms with Crippen molar-refractivity contribution in [2.45, 2.75) is 57.8 Å². The summed E-state index contributed by atoms with van der Waals surface area (Å²) < 4.78 is 31.6. The lowest BCUT2D eigenvalue weighted by molar-refractivity contribution is 0.381. The van der Waals surface area contributed by atoms with E-state index in [1.54, 1.807) is 0 Å². The van der Waals surface area contributed by atoms with E-state index in [0.29, 0.717) is 0 Å². The predicted molar refractivity (Wildman–Crippen MR) is 96.3 cm³/mol. The minimum absolute atomic E-state index is 0.0701. The molecule has 0 aliphatic carbocycles. The Morgan fingerprint density at radius 2 is 1.25 bits per heavy atom. The van der Waals surface area contributed by atoms with Crippen LogP contribution in [0.15, 0.2) is 4.99 Å². The van der Waals surface area contributed by atoms with E-state index in [0.717, 1.165) is 25.9 Å². The van der Waals surface area contributed by atoms with Crippen molar-refractivity contribution in [1.82, 2.24) is 5.32 Å². The van der Waals surface area contributed by atoms with Crippen LogP contribution in [0.2, 0.25) is 0 Å². The summed E-state index contributed by atoms with van der Waals surface area (Å²) in [4.78, 5) is 3.96. The summed E-state index contributed by atoms with van der Waals surface area (Å²) in [7, 11) is -4.67. The molecule has 11 heteroatoms. The highest BCUT2D eigenvalue weighted by molar-refractivity contribution is 7.79. The number of nitrogens with zero attached hydrogens (tertiary/aromatic N) is 1. The summed E-state index contributed by atoms with van der Waals surface area (Å²) in [5.41, 5.74) is 15.7. The first-order valence-corrected chi connectivity index (χ1v) is 9.35. The largest absolute Gasteiger partial charge is 0.394 e. The quantitative estimate of drug-likeness (QED) is 0.112. The number of aliphatic imine (C=N–C) groups is 1. The van der Waals surface area contributed by atoms with Gasteiger partial charge in [-0.15, -0.1) is 0 Å². The summed E-state index contributed by atoms with van der Waals surface area (Å²) in [6, 6.07) is 0. The molecule has 0 unspecified atom stereocenters. The molecule has 10 nitrogen and oxygen atoms in total. The van der Waals surface area contributed by atoms with Crippen LogP contribution < -0.4 is 22.5 Å². The number of guanidine groups is 2. The second-order valence-electron chi connectivity index (χ2n) is 5.28. The van der Waals surface area contributed by atoms with E-state index in [4.69, 9.17) is 40.1 Å². The van der Waals surface area contributed by atoms with E-state index in [1.807, 2.05) is 0 Å². The van der Waals surface area contributed by atoms with Crippen LogP contribution in [0.25, 0.3) is 0 Å². The number of nitrogens with two attached hydrogens (primary N) is 3. The highest BCUT2D eigenvalue weighted by Crippen LogP contribution is 2.09. The Hall–Kier alpha value is -1.59. The fourth-order valence-corrected chi connectivity index (χ4v) is 1.91. The van der Waals surface area contributed by atoms with Gasteiger partial charge >= 0.3 is 10.4 Å². The van der Waals surface area contributed by atoms with Crippen molar-refractivity contribution < 1.29 is 17.5 Å². The summed E-state index contributed by atoms with van der Waals surface area (Å²) in [6.45, 7) is 1.58. The maximum absolute atomic E-state index is 8.74. The van der Waals surface area contributed by atoms with E-state index in [1.165, 1.54) is 44.9 Å². The molecule has 0 aliphatic heterocycles. The predicted octanol–water partition coefficient (Wildman–Crippen LogP) is 0.601. The average Bonchev–Trinajstić information content (AvgIpc) is 2.41. The molecule has 0 aromatic heterocycles. The second kappa shape index (κ2) is 16.3. The lowest BCUT2D eigenvalue weighted by Gasteiger charge is -2.04. The van der Waals surface area contributed by atoms with E-state index in [2.05, 4.69) is 10.3 Å². The summed E-state index contributed by atoms with van der Waals surface area (Å²) in [6.07, 6.45) is 11.0. The highest BCUT2D eigenvalue weighted by atomic mass is 32.3. The molecule has 0 fully saturated rings. The van der Waals surface area contributed by atoms with Crippen molar-refractivity contribution in [3.63, 3.8) is 0 Å². The Morgan fingerprint density at radius 1 is 0.875 bits per heavy atom. The SMILES string of the molecule is N=C(N)NCCCCCCCCCCCN=C(N)N.O=S(=O)(O)O. The Kier molecular flexibility index (Phi) is 16.7. The van der Waals surface area contributed by atoms with E-state index in [9.17, 15) is 0 Å². The molecule has 24 heavy (non-hydrogen) atoms. The van der Waals surface area contributed by atoms with Crippen molar-refractivity contribution in [2.75, 3.05) is 13.1 Å². The molecule has 0 bridgehead atoms. The van der Waals surface area contributed by atoms with Crippen molar-refractivity contribution in [3.05, 3.63) is 0 Å². The first-order valence-electron chi connectivity index (χ1n) is 7.96. The average molecular weight is 369 g/mol. The molecule has 0 saturated carbocycles. The first kappa shape index (κ1) is 24.7. The first-order chi connectivity index (χ1) is 11.1. The van der Waals surface area contributed by atoms with Gasteiger partial charge in [-0.25, -0.2) is 0 Å². The summed E-state index contributed by atoms with van der Waals surface area (Å²) in [5, 5.41) is 9.82. The second-order valence-corrected chi connectivity index (χ2v) is 6.17. The lowest BCUT2D eigenvalue weighted by Crippen LogP contribution is -2.30. The van der Waals surface area contributed by atoms with E-state index in [-0.39, 0.29) is 11.9 Å². The van der Waals surface area contributed by atoms with Gasteiger partial charge in [0.25, 0.3) is 0 Å². The normalized spacial score (nSPS) is 10.4. The van der Waals surface area contributed by atoms with Gasteiger partial charge in [0.05, 0.1) is 0 Å². The van der Waals surface area contributed by atoms with Crippen LogP contribution in [-0.4, -0.2) is 42.5 Å². The van der Waals surface area contributed by atoms with Crippen molar-refractivity contribution >= 4 is 22.3 Å². The Morgan fingerprint density at radius 3 is 1.62 bits per heavy atom. The third-order valence-corrected chi connectivity index (χ3v) is 2.94. The van der Waals surface area contributed by atoms with Crippen molar-refractivity contribution in [3.8, 4) is 0 Å². The van der Waals surface area contributed by atoms with Gasteiger partial charge < -0.3 is 22.5 Å². The topological polar surface area (TPSA) is 201 Å². The minimum atomic E-state index is -4.67. The molecule has 0 rings (SSSR count). The molecule has 0 heterocycles. The zero-order valence-electron chi connectivity index (χ0n) is 14.1. The fraction of sp³-hybridized carbons (Fsp3) is 0.846. The van der Waals surface area contributed by atoms with Gasteiger partial charge in [-0.2, -0.15) is 8.42 Å². The van der Waals surface area contributed by atoms with Crippen LogP contribution in [0.3, 0.4) is 0 Å². The standard InChI is InChI=1S/C13H30N6.H2O4S/c14-12(15)18-10-8-6-4-2-1-3-5-7-9-11-19-13(16)17;1-5(2,3)4/h1-11H2,(H4,14,15,18)(H4,16,17,19);(H2,1,2,3,4). The molecule has 144 valence electrons. The minimum Gasteiger partial charge on any atom is -0.370 e. The van der Waals surface area contributed by atoms with Crippen molar-refractivity contribution in [2.24, 2.45) is 22.2 Å². The van der Waals surface area contributed by atoms with Gasteiger partial charge in [-0.05, 0) is 12.8 Å². The third kappa shape index (κ3) is 37.0. The molecule has 0 amide bonds. The van der Waals surface area contributed by atoms with Gasteiger partial charge in [0, 0.05) is 13.1 Å². The number of hydrogen-bond donors (Lipinski definition) is 7. The molecule has 0 aliphatic rings.